The summed E-state index contributed by atoms with van der Waals surface area (Å²) in [6.07, 6.45) is 0. The van der Waals surface area contributed by atoms with Crippen LogP contribution in [0.2, 0.25) is 0 Å². The van der Waals surface area contributed by atoms with Crippen LogP contribution in [0, 0.1) is 18.6 Å². The third kappa shape index (κ3) is 4.27. The maximum atomic E-state index is 13.4. The van der Waals surface area contributed by atoms with E-state index in [-0.39, 0.29) is 18.7 Å². The number of rotatable bonds is 5. The van der Waals surface area contributed by atoms with E-state index >= 15 is 0 Å². The van der Waals surface area contributed by atoms with E-state index in [2.05, 4.69) is 5.32 Å². The summed E-state index contributed by atoms with van der Waals surface area (Å²) in [4.78, 5) is 11.7. The van der Waals surface area contributed by atoms with E-state index < -0.39 is 17.5 Å². The lowest BCUT2D eigenvalue weighted by Crippen LogP contribution is -2.28. The number of benzene rings is 2. The SMILES string of the molecule is Cc1cccc(OCCNC(=O)c2cc(F)ccc2F)c1. The van der Waals surface area contributed by atoms with Gasteiger partial charge in [0.15, 0.2) is 0 Å². The Hall–Kier alpha value is -2.43. The topological polar surface area (TPSA) is 38.3 Å². The fraction of sp³-hybridized carbons (Fsp3) is 0.188. The fourth-order valence-corrected chi connectivity index (χ4v) is 1.81. The first-order chi connectivity index (χ1) is 10.1. The van der Waals surface area contributed by atoms with E-state index in [9.17, 15) is 13.6 Å². The monoisotopic (exact) mass is 291 g/mol. The van der Waals surface area contributed by atoms with Crippen molar-refractivity contribution in [3.8, 4) is 5.75 Å². The maximum absolute atomic E-state index is 13.4. The van der Waals surface area contributed by atoms with Crippen LogP contribution in [0.5, 0.6) is 5.75 Å². The van der Waals surface area contributed by atoms with Gasteiger partial charge in [0, 0.05) is 0 Å². The van der Waals surface area contributed by atoms with Crippen molar-refractivity contribution in [1.82, 2.24) is 5.32 Å². The lowest BCUT2D eigenvalue weighted by atomic mass is 10.2. The summed E-state index contributed by atoms with van der Waals surface area (Å²) in [7, 11) is 0. The summed E-state index contributed by atoms with van der Waals surface area (Å²) in [6.45, 7) is 2.39. The molecule has 0 aliphatic heterocycles. The predicted octanol–water partition coefficient (Wildman–Crippen LogP) is 3.08. The largest absolute Gasteiger partial charge is 0.492 e. The maximum Gasteiger partial charge on any atom is 0.254 e. The van der Waals surface area contributed by atoms with E-state index in [4.69, 9.17) is 4.74 Å². The van der Waals surface area contributed by atoms with E-state index in [0.29, 0.717) is 5.75 Å². The third-order valence-corrected chi connectivity index (χ3v) is 2.82. The highest BCUT2D eigenvalue weighted by atomic mass is 19.1. The van der Waals surface area contributed by atoms with Gasteiger partial charge >= 0.3 is 0 Å². The van der Waals surface area contributed by atoms with Crippen molar-refractivity contribution >= 4 is 5.91 Å². The van der Waals surface area contributed by atoms with Crippen LogP contribution in [0.15, 0.2) is 42.5 Å². The van der Waals surface area contributed by atoms with Gasteiger partial charge in [-0.05, 0) is 42.8 Å². The average molecular weight is 291 g/mol. The number of amides is 1. The van der Waals surface area contributed by atoms with Gasteiger partial charge in [0.05, 0.1) is 12.1 Å². The molecule has 1 N–H and O–H groups in total. The molecule has 0 aliphatic carbocycles. The Labute approximate surface area is 121 Å². The first kappa shape index (κ1) is 15.0. The summed E-state index contributed by atoms with van der Waals surface area (Å²) in [5, 5.41) is 2.48. The Morgan fingerprint density at radius 2 is 2.00 bits per heavy atom. The molecule has 21 heavy (non-hydrogen) atoms. The molecule has 0 saturated carbocycles. The second kappa shape index (κ2) is 6.83. The Kier molecular flexibility index (Phi) is 4.87. The molecule has 0 heterocycles. The molecule has 1 amide bonds. The molecule has 0 saturated heterocycles. The van der Waals surface area contributed by atoms with Crippen molar-refractivity contribution in [3.05, 3.63) is 65.2 Å². The van der Waals surface area contributed by atoms with Crippen LogP contribution < -0.4 is 10.1 Å². The minimum atomic E-state index is -0.756. The Morgan fingerprint density at radius 3 is 2.76 bits per heavy atom. The second-order valence-corrected chi connectivity index (χ2v) is 4.55. The van der Waals surface area contributed by atoms with Crippen LogP contribution in [-0.4, -0.2) is 19.1 Å². The normalized spacial score (nSPS) is 10.2. The van der Waals surface area contributed by atoms with Crippen molar-refractivity contribution in [2.75, 3.05) is 13.2 Å². The number of carbonyl (C=O) groups is 1. The van der Waals surface area contributed by atoms with Crippen molar-refractivity contribution in [2.24, 2.45) is 0 Å². The number of ether oxygens (including phenoxy) is 1. The van der Waals surface area contributed by atoms with E-state index in [0.717, 1.165) is 23.8 Å². The smallest absolute Gasteiger partial charge is 0.254 e. The van der Waals surface area contributed by atoms with Gasteiger partial charge in [-0.3, -0.25) is 4.79 Å². The summed E-state index contributed by atoms with van der Waals surface area (Å²) in [5.41, 5.74) is 0.754. The highest BCUT2D eigenvalue weighted by Crippen LogP contribution is 2.12. The zero-order chi connectivity index (χ0) is 15.2. The van der Waals surface area contributed by atoms with E-state index in [1.165, 1.54) is 0 Å². The number of carbonyl (C=O) groups excluding carboxylic acids is 1. The molecule has 2 aromatic rings. The Bertz CT molecular complexity index is 644. The number of halogens is 2. The van der Waals surface area contributed by atoms with E-state index in [1.807, 2.05) is 25.1 Å². The first-order valence-corrected chi connectivity index (χ1v) is 6.49. The molecule has 0 atom stereocenters. The summed E-state index contributed by atoms with van der Waals surface area (Å²) in [5.74, 6) is -1.38. The third-order valence-electron chi connectivity index (χ3n) is 2.82. The number of hydrogen-bond donors (Lipinski definition) is 1. The molecule has 2 aromatic carbocycles. The molecule has 0 radical (unpaired) electrons. The quantitative estimate of drug-likeness (QED) is 0.860. The fourth-order valence-electron chi connectivity index (χ4n) is 1.81. The van der Waals surface area contributed by atoms with Gasteiger partial charge in [0.2, 0.25) is 0 Å². The molecule has 0 fully saturated rings. The first-order valence-electron chi connectivity index (χ1n) is 6.49. The van der Waals surface area contributed by atoms with Gasteiger partial charge in [-0.15, -0.1) is 0 Å². The average Bonchev–Trinajstić information content (AvgIpc) is 2.46. The van der Waals surface area contributed by atoms with Gasteiger partial charge in [-0.25, -0.2) is 8.78 Å². The zero-order valence-electron chi connectivity index (χ0n) is 11.5. The molecule has 0 bridgehead atoms. The molecule has 110 valence electrons. The van der Waals surface area contributed by atoms with Gasteiger partial charge in [0.1, 0.15) is 24.0 Å². The van der Waals surface area contributed by atoms with Crippen LogP contribution in [0.1, 0.15) is 15.9 Å². The van der Waals surface area contributed by atoms with Gasteiger partial charge in [-0.2, -0.15) is 0 Å². The number of aryl methyl sites for hydroxylation is 1. The van der Waals surface area contributed by atoms with Crippen LogP contribution in [0.4, 0.5) is 8.78 Å². The van der Waals surface area contributed by atoms with Crippen molar-refractivity contribution in [2.45, 2.75) is 6.92 Å². The second-order valence-electron chi connectivity index (χ2n) is 4.55. The summed E-state index contributed by atoms with van der Waals surface area (Å²) < 4.78 is 31.8. The Balaban J connectivity index is 1.83. The molecular weight excluding hydrogens is 276 g/mol. The van der Waals surface area contributed by atoms with Crippen LogP contribution in [0.25, 0.3) is 0 Å². The number of nitrogens with one attached hydrogen (secondary N) is 1. The van der Waals surface area contributed by atoms with Crippen LogP contribution in [0.3, 0.4) is 0 Å². The molecule has 0 spiro atoms. The van der Waals surface area contributed by atoms with E-state index in [1.54, 1.807) is 6.07 Å². The molecule has 5 heteroatoms. The minimum absolute atomic E-state index is 0.197. The molecule has 0 aromatic heterocycles. The highest BCUT2D eigenvalue weighted by Gasteiger charge is 2.12. The van der Waals surface area contributed by atoms with Gasteiger partial charge < -0.3 is 10.1 Å². The molecule has 3 nitrogen and oxygen atoms in total. The molecular formula is C16H15F2NO2. The van der Waals surface area contributed by atoms with Crippen LogP contribution >= 0.6 is 0 Å². The van der Waals surface area contributed by atoms with Crippen molar-refractivity contribution in [1.29, 1.82) is 0 Å². The predicted molar refractivity (Wildman–Crippen MR) is 75.4 cm³/mol. The molecule has 2 rings (SSSR count). The molecule has 0 unspecified atom stereocenters. The summed E-state index contributed by atoms with van der Waals surface area (Å²) >= 11 is 0. The van der Waals surface area contributed by atoms with Crippen molar-refractivity contribution < 1.29 is 18.3 Å². The van der Waals surface area contributed by atoms with Crippen molar-refractivity contribution in [3.63, 3.8) is 0 Å². The minimum Gasteiger partial charge on any atom is -0.492 e. The molecule has 0 aliphatic rings. The van der Waals surface area contributed by atoms with Crippen LogP contribution in [-0.2, 0) is 0 Å². The summed E-state index contributed by atoms with van der Waals surface area (Å²) in [6, 6.07) is 10.2. The van der Waals surface area contributed by atoms with Gasteiger partial charge in [-0.1, -0.05) is 12.1 Å². The Morgan fingerprint density at radius 1 is 1.19 bits per heavy atom. The lowest BCUT2D eigenvalue weighted by molar-refractivity contribution is 0.0942. The number of hydrogen-bond acceptors (Lipinski definition) is 2. The standard InChI is InChI=1S/C16H15F2NO2/c1-11-3-2-4-13(9-11)21-8-7-19-16(20)14-10-12(17)5-6-15(14)18/h2-6,9-10H,7-8H2,1H3,(H,19,20). The highest BCUT2D eigenvalue weighted by molar-refractivity contribution is 5.94. The zero-order valence-corrected chi connectivity index (χ0v) is 11.5. The van der Waals surface area contributed by atoms with Gasteiger partial charge in [0.25, 0.3) is 5.91 Å². The lowest BCUT2D eigenvalue weighted by Gasteiger charge is -2.08.